The lowest BCUT2D eigenvalue weighted by molar-refractivity contribution is -0.142. The standard InChI is InChI=1S/C24H40N2O5/c1-16(2)30-21(28)18-11-9-17(10-12-18)19(13-14-23(3,4)5)26-20(27)15-25-22(29)31-24(6,7)8/h9,11-12,16-17,19H,10,13-15H2,1-8H3,(H,25,29)(H,26,27)/t17?,19-/m1/s1. The van der Waals surface area contributed by atoms with Crippen LogP contribution in [0.4, 0.5) is 4.79 Å². The summed E-state index contributed by atoms with van der Waals surface area (Å²) in [7, 11) is 0. The van der Waals surface area contributed by atoms with Gasteiger partial charge in [0.2, 0.25) is 5.91 Å². The monoisotopic (exact) mass is 436 g/mol. The lowest BCUT2D eigenvalue weighted by atomic mass is 9.82. The highest BCUT2D eigenvalue weighted by Crippen LogP contribution is 2.28. The molecule has 0 spiro atoms. The van der Waals surface area contributed by atoms with Crippen molar-refractivity contribution in [2.24, 2.45) is 11.3 Å². The molecule has 0 radical (unpaired) electrons. The fourth-order valence-corrected chi connectivity index (χ4v) is 3.08. The molecular weight excluding hydrogens is 396 g/mol. The zero-order valence-electron chi connectivity index (χ0n) is 20.3. The van der Waals surface area contributed by atoms with Crippen LogP contribution in [0.2, 0.25) is 0 Å². The lowest BCUT2D eigenvalue weighted by Gasteiger charge is -2.30. The topological polar surface area (TPSA) is 93.7 Å². The summed E-state index contributed by atoms with van der Waals surface area (Å²) in [6.45, 7) is 15.3. The average molecular weight is 437 g/mol. The van der Waals surface area contributed by atoms with E-state index in [2.05, 4.69) is 31.4 Å². The van der Waals surface area contributed by atoms with Crippen molar-refractivity contribution in [2.75, 3.05) is 6.54 Å². The van der Waals surface area contributed by atoms with Crippen LogP contribution in [0.15, 0.2) is 23.8 Å². The van der Waals surface area contributed by atoms with Crippen LogP contribution < -0.4 is 10.6 Å². The van der Waals surface area contributed by atoms with Crippen LogP contribution in [0.1, 0.15) is 74.7 Å². The SMILES string of the molecule is CC(C)OC(=O)C1=CCC([C@@H](CCC(C)(C)C)NC(=O)CNC(=O)OC(C)(C)C)C=C1. The van der Waals surface area contributed by atoms with Gasteiger partial charge in [0.05, 0.1) is 11.7 Å². The average Bonchev–Trinajstić information content (AvgIpc) is 2.61. The zero-order chi connectivity index (χ0) is 23.8. The molecule has 1 aliphatic rings. The highest BCUT2D eigenvalue weighted by Gasteiger charge is 2.26. The van der Waals surface area contributed by atoms with E-state index in [1.807, 2.05) is 26.0 Å². The van der Waals surface area contributed by atoms with Crippen LogP contribution in [-0.4, -0.2) is 42.3 Å². The third-order valence-corrected chi connectivity index (χ3v) is 4.57. The molecule has 0 aromatic heterocycles. The van der Waals surface area contributed by atoms with Crippen molar-refractivity contribution in [3.8, 4) is 0 Å². The normalized spacial score (nSPS) is 17.6. The molecular formula is C24H40N2O5. The van der Waals surface area contributed by atoms with E-state index in [0.29, 0.717) is 12.0 Å². The molecule has 0 aliphatic heterocycles. The Morgan fingerprint density at radius 1 is 1.13 bits per heavy atom. The molecule has 2 N–H and O–H groups in total. The summed E-state index contributed by atoms with van der Waals surface area (Å²) in [4.78, 5) is 36.4. The van der Waals surface area contributed by atoms with Crippen LogP contribution in [0.3, 0.4) is 0 Å². The third-order valence-electron chi connectivity index (χ3n) is 4.57. The van der Waals surface area contributed by atoms with Gasteiger partial charge in [-0.15, -0.1) is 0 Å². The van der Waals surface area contributed by atoms with E-state index in [4.69, 9.17) is 9.47 Å². The van der Waals surface area contributed by atoms with Crippen LogP contribution in [0.25, 0.3) is 0 Å². The number of rotatable bonds is 8. The van der Waals surface area contributed by atoms with Crippen LogP contribution >= 0.6 is 0 Å². The van der Waals surface area contributed by atoms with Crippen molar-refractivity contribution in [2.45, 2.75) is 92.4 Å². The molecule has 2 atom stereocenters. The summed E-state index contributed by atoms with van der Waals surface area (Å²) < 4.78 is 10.4. The summed E-state index contributed by atoms with van der Waals surface area (Å²) in [6.07, 6.45) is 7.15. The predicted octanol–water partition coefficient (Wildman–Crippen LogP) is 4.28. The van der Waals surface area contributed by atoms with Gasteiger partial charge in [-0.25, -0.2) is 9.59 Å². The van der Waals surface area contributed by atoms with E-state index < -0.39 is 11.7 Å². The Labute approximate surface area is 187 Å². The predicted molar refractivity (Wildman–Crippen MR) is 121 cm³/mol. The van der Waals surface area contributed by atoms with Crippen LogP contribution in [-0.2, 0) is 19.1 Å². The molecule has 0 saturated heterocycles. The van der Waals surface area contributed by atoms with Gasteiger partial charge < -0.3 is 20.1 Å². The molecule has 7 heteroatoms. The fraction of sp³-hybridized carbons (Fsp3) is 0.708. The molecule has 31 heavy (non-hydrogen) atoms. The molecule has 0 aromatic rings. The van der Waals surface area contributed by atoms with Crippen molar-refractivity contribution in [1.82, 2.24) is 10.6 Å². The van der Waals surface area contributed by atoms with Gasteiger partial charge in [0.25, 0.3) is 0 Å². The van der Waals surface area contributed by atoms with Gasteiger partial charge in [0.15, 0.2) is 0 Å². The minimum absolute atomic E-state index is 0.0587. The van der Waals surface area contributed by atoms with Gasteiger partial charge in [-0.3, -0.25) is 4.79 Å². The number of carbonyl (C=O) groups excluding carboxylic acids is 3. The zero-order valence-corrected chi connectivity index (χ0v) is 20.3. The first-order valence-electron chi connectivity index (χ1n) is 11.0. The minimum atomic E-state index is -0.623. The summed E-state index contributed by atoms with van der Waals surface area (Å²) >= 11 is 0. The Morgan fingerprint density at radius 3 is 2.26 bits per heavy atom. The summed E-state index contributed by atoms with van der Waals surface area (Å²) in [5, 5.41) is 5.54. The Bertz CT molecular complexity index is 696. The smallest absolute Gasteiger partial charge is 0.408 e. The van der Waals surface area contributed by atoms with Gasteiger partial charge in [-0.1, -0.05) is 39.0 Å². The number of carbonyl (C=O) groups is 3. The van der Waals surface area contributed by atoms with Crippen LogP contribution in [0, 0.1) is 11.3 Å². The Balaban J connectivity index is 2.72. The van der Waals surface area contributed by atoms with Crippen molar-refractivity contribution in [1.29, 1.82) is 0 Å². The molecule has 176 valence electrons. The maximum Gasteiger partial charge on any atom is 0.408 e. The maximum absolute atomic E-state index is 12.5. The number of allylic oxidation sites excluding steroid dienone is 1. The van der Waals surface area contributed by atoms with Gasteiger partial charge in [-0.05, 0) is 59.3 Å². The second-order valence-corrected chi connectivity index (χ2v) is 10.5. The number of hydrogen-bond acceptors (Lipinski definition) is 5. The summed E-state index contributed by atoms with van der Waals surface area (Å²) in [5.41, 5.74) is 0.0409. The van der Waals surface area contributed by atoms with Gasteiger partial charge in [-0.2, -0.15) is 0 Å². The quantitative estimate of drug-likeness (QED) is 0.554. The molecule has 1 aliphatic carbocycles. The van der Waals surface area contributed by atoms with Gasteiger partial charge in [0, 0.05) is 12.0 Å². The molecule has 1 unspecified atom stereocenters. The number of nitrogens with one attached hydrogen (secondary N) is 2. The first-order valence-corrected chi connectivity index (χ1v) is 11.0. The largest absolute Gasteiger partial charge is 0.459 e. The highest BCUT2D eigenvalue weighted by atomic mass is 16.6. The number of esters is 1. The van der Waals surface area contributed by atoms with Crippen molar-refractivity contribution in [3.05, 3.63) is 23.8 Å². The number of alkyl carbamates (subject to hydrolysis) is 1. The van der Waals surface area contributed by atoms with Crippen LogP contribution in [0.5, 0.6) is 0 Å². The number of amides is 2. The molecule has 0 saturated carbocycles. The minimum Gasteiger partial charge on any atom is -0.459 e. The molecule has 0 aromatic carbocycles. The van der Waals surface area contributed by atoms with E-state index >= 15 is 0 Å². The molecule has 0 heterocycles. The third kappa shape index (κ3) is 11.6. The lowest BCUT2D eigenvalue weighted by Crippen LogP contribution is -2.46. The molecule has 7 nitrogen and oxygen atoms in total. The first kappa shape index (κ1) is 26.7. The second kappa shape index (κ2) is 11.3. The van der Waals surface area contributed by atoms with Gasteiger partial charge >= 0.3 is 12.1 Å². The maximum atomic E-state index is 12.5. The molecule has 0 bridgehead atoms. The number of hydrogen-bond donors (Lipinski definition) is 2. The van der Waals surface area contributed by atoms with E-state index in [0.717, 1.165) is 12.8 Å². The molecule has 1 rings (SSSR count). The van der Waals surface area contributed by atoms with Crippen molar-refractivity contribution < 1.29 is 23.9 Å². The number of ether oxygens (including phenoxy) is 2. The van der Waals surface area contributed by atoms with E-state index in [1.54, 1.807) is 26.8 Å². The first-order chi connectivity index (χ1) is 14.2. The van der Waals surface area contributed by atoms with Crippen molar-refractivity contribution in [3.63, 3.8) is 0 Å². The van der Waals surface area contributed by atoms with E-state index in [9.17, 15) is 14.4 Å². The molecule has 2 amide bonds. The Kier molecular flexibility index (Phi) is 9.78. The van der Waals surface area contributed by atoms with E-state index in [-0.39, 0.29) is 41.9 Å². The summed E-state index contributed by atoms with van der Waals surface area (Å²) in [5.74, 6) is -0.544. The highest BCUT2D eigenvalue weighted by molar-refractivity contribution is 5.92. The Morgan fingerprint density at radius 2 is 1.77 bits per heavy atom. The van der Waals surface area contributed by atoms with E-state index in [1.165, 1.54) is 0 Å². The fourth-order valence-electron chi connectivity index (χ4n) is 3.08. The molecule has 0 fully saturated rings. The summed E-state index contributed by atoms with van der Waals surface area (Å²) in [6, 6.07) is -0.109. The second-order valence-electron chi connectivity index (χ2n) is 10.5. The van der Waals surface area contributed by atoms with Gasteiger partial charge in [0.1, 0.15) is 12.1 Å². The Hall–Kier alpha value is -2.31. The van der Waals surface area contributed by atoms with Crippen molar-refractivity contribution >= 4 is 18.0 Å².